The predicted molar refractivity (Wildman–Crippen MR) is 65.9 cm³/mol. The van der Waals surface area contributed by atoms with Crippen molar-refractivity contribution in [2.45, 2.75) is 18.2 Å². The average Bonchev–Trinajstić information content (AvgIpc) is 2.24. The van der Waals surface area contributed by atoms with Crippen molar-refractivity contribution in [3.05, 3.63) is 54.6 Å². The molecule has 0 atom stereocenters. The maximum atomic E-state index is 3.73. The molecule has 0 bridgehead atoms. The molecule has 1 aromatic rings. The average molecular weight is 204 g/mol. The van der Waals surface area contributed by atoms with Crippen molar-refractivity contribution in [3.63, 3.8) is 0 Å². The Morgan fingerprint density at radius 3 is 2.86 bits per heavy atom. The lowest BCUT2D eigenvalue weighted by Crippen LogP contribution is -1.85. The fourth-order valence-corrected chi connectivity index (χ4v) is 2.02. The summed E-state index contributed by atoms with van der Waals surface area (Å²) in [5.74, 6) is 0.979. The van der Waals surface area contributed by atoms with Gasteiger partial charge in [-0.3, -0.25) is 0 Å². The molecule has 0 aliphatic carbocycles. The van der Waals surface area contributed by atoms with Crippen LogP contribution in [0.2, 0.25) is 0 Å². The molecule has 0 aliphatic heterocycles. The van der Waals surface area contributed by atoms with Gasteiger partial charge in [-0.15, -0.1) is 18.3 Å². The van der Waals surface area contributed by atoms with E-state index < -0.39 is 0 Å². The molecule has 0 N–H and O–H groups in total. The summed E-state index contributed by atoms with van der Waals surface area (Å²) in [7, 11) is 0. The zero-order valence-electron chi connectivity index (χ0n) is 8.57. The van der Waals surface area contributed by atoms with Gasteiger partial charge in [0.15, 0.2) is 0 Å². The Balaban J connectivity index is 2.74. The zero-order valence-corrected chi connectivity index (χ0v) is 9.39. The first-order chi connectivity index (χ1) is 6.88. The molecule has 0 spiro atoms. The second-order valence-electron chi connectivity index (χ2n) is 2.98. The standard InChI is InChI=1S/C13H16S/c1-3-5-8-12-9-6-7-10-13(12)14-11-4-2/h3-7,9-10H,2,8,11H2,1H3/b5-3-. The molecule has 0 saturated heterocycles. The molecular formula is C13H16S. The summed E-state index contributed by atoms with van der Waals surface area (Å²) in [5, 5.41) is 0. The molecule has 1 heteroatoms. The van der Waals surface area contributed by atoms with Gasteiger partial charge in [0.05, 0.1) is 0 Å². The van der Waals surface area contributed by atoms with E-state index in [-0.39, 0.29) is 0 Å². The van der Waals surface area contributed by atoms with Crippen molar-refractivity contribution >= 4 is 11.8 Å². The van der Waals surface area contributed by atoms with E-state index >= 15 is 0 Å². The first-order valence-electron chi connectivity index (χ1n) is 4.81. The molecule has 0 saturated carbocycles. The minimum atomic E-state index is 0.979. The normalized spacial score (nSPS) is 10.6. The molecule has 1 aromatic carbocycles. The smallest absolute Gasteiger partial charge is 0.0158 e. The van der Waals surface area contributed by atoms with Crippen molar-refractivity contribution < 1.29 is 0 Å². The molecule has 0 unspecified atom stereocenters. The Bertz CT molecular complexity index is 313. The van der Waals surface area contributed by atoms with Gasteiger partial charge in [0.1, 0.15) is 0 Å². The topological polar surface area (TPSA) is 0 Å². The van der Waals surface area contributed by atoms with Crippen molar-refractivity contribution in [2.75, 3.05) is 5.75 Å². The summed E-state index contributed by atoms with van der Waals surface area (Å²) in [5.41, 5.74) is 1.40. The van der Waals surface area contributed by atoms with Gasteiger partial charge in [-0.05, 0) is 25.0 Å². The van der Waals surface area contributed by atoms with E-state index in [1.165, 1.54) is 10.5 Å². The van der Waals surface area contributed by atoms with Crippen molar-refractivity contribution in [1.82, 2.24) is 0 Å². The van der Waals surface area contributed by atoms with Gasteiger partial charge in [0.2, 0.25) is 0 Å². The van der Waals surface area contributed by atoms with Crippen molar-refractivity contribution in [1.29, 1.82) is 0 Å². The lowest BCUT2D eigenvalue weighted by molar-refractivity contribution is 1.17. The monoisotopic (exact) mass is 204 g/mol. The Hall–Kier alpha value is -0.950. The lowest BCUT2D eigenvalue weighted by atomic mass is 10.1. The van der Waals surface area contributed by atoms with E-state index in [1.54, 1.807) is 0 Å². The molecule has 14 heavy (non-hydrogen) atoms. The quantitative estimate of drug-likeness (QED) is 0.514. The molecule has 0 radical (unpaired) electrons. The molecule has 0 heterocycles. The fourth-order valence-electron chi connectivity index (χ4n) is 1.21. The van der Waals surface area contributed by atoms with Gasteiger partial charge in [0.25, 0.3) is 0 Å². The van der Waals surface area contributed by atoms with Crippen LogP contribution in [-0.2, 0) is 6.42 Å². The molecule has 74 valence electrons. The molecular weight excluding hydrogens is 188 g/mol. The molecule has 1 rings (SSSR count). The second kappa shape index (κ2) is 6.50. The van der Waals surface area contributed by atoms with Crippen molar-refractivity contribution in [3.8, 4) is 0 Å². The summed E-state index contributed by atoms with van der Waals surface area (Å²) in [4.78, 5) is 1.37. The van der Waals surface area contributed by atoms with Gasteiger partial charge in [-0.1, -0.05) is 36.4 Å². The fraction of sp³-hybridized carbons (Fsp3) is 0.231. The summed E-state index contributed by atoms with van der Waals surface area (Å²) >= 11 is 1.85. The minimum Gasteiger partial charge on any atom is -0.122 e. The first kappa shape index (κ1) is 11.1. The first-order valence-corrected chi connectivity index (χ1v) is 5.79. The highest BCUT2D eigenvalue weighted by Crippen LogP contribution is 2.23. The molecule has 0 amide bonds. The Morgan fingerprint density at radius 1 is 1.36 bits per heavy atom. The summed E-state index contributed by atoms with van der Waals surface area (Å²) < 4.78 is 0. The zero-order chi connectivity index (χ0) is 10.2. The van der Waals surface area contributed by atoms with Gasteiger partial charge in [-0.25, -0.2) is 0 Å². The van der Waals surface area contributed by atoms with Gasteiger partial charge in [-0.2, -0.15) is 0 Å². The van der Waals surface area contributed by atoms with E-state index in [9.17, 15) is 0 Å². The Labute approximate surface area is 90.7 Å². The number of thioether (sulfide) groups is 1. The summed E-state index contributed by atoms with van der Waals surface area (Å²) in [6.07, 6.45) is 7.25. The molecule has 0 fully saturated rings. The van der Waals surface area contributed by atoms with E-state index in [2.05, 4.69) is 49.9 Å². The van der Waals surface area contributed by atoms with Crippen LogP contribution in [0.5, 0.6) is 0 Å². The third kappa shape index (κ3) is 3.43. The number of rotatable bonds is 5. The highest BCUT2D eigenvalue weighted by Gasteiger charge is 1.98. The Kier molecular flexibility index (Phi) is 5.16. The van der Waals surface area contributed by atoms with Crippen LogP contribution in [0.25, 0.3) is 0 Å². The highest BCUT2D eigenvalue weighted by molar-refractivity contribution is 7.99. The van der Waals surface area contributed by atoms with E-state index in [4.69, 9.17) is 0 Å². The Morgan fingerprint density at radius 2 is 2.14 bits per heavy atom. The lowest BCUT2D eigenvalue weighted by Gasteiger charge is -2.05. The number of hydrogen-bond donors (Lipinski definition) is 0. The summed E-state index contributed by atoms with van der Waals surface area (Å²) in [6.45, 7) is 5.79. The van der Waals surface area contributed by atoms with Crippen molar-refractivity contribution in [2.24, 2.45) is 0 Å². The van der Waals surface area contributed by atoms with Gasteiger partial charge >= 0.3 is 0 Å². The maximum Gasteiger partial charge on any atom is 0.0158 e. The van der Waals surface area contributed by atoms with Crippen LogP contribution in [0.15, 0.2) is 54.0 Å². The number of benzene rings is 1. The van der Waals surface area contributed by atoms with Crippen LogP contribution in [0.4, 0.5) is 0 Å². The third-order valence-corrected chi connectivity index (χ3v) is 3.01. The van der Waals surface area contributed by atoms with E-state index in [0.29, 0.717) is 0 Å². The summed E-state index contributed by atoms with van der Waals surface area (Å²) in [6, 6.07) is 8.54. The number of hydrogen-bond acceptors (Lipinski definition) is 1. The van der Waals surface area contributed by atoms with Crippen LogP contribution >= 0.6 is 11.8 Å². The molecule has 0 nitrogen and oxygen atoms in total. The largest absolute Gasteiger partial charge is 0.122 e. The van der Waals surface area contributed by atoms with Crippen LogP contribution in [-0.4, -0.2) is 5.75 Å². The van der Waals surface area contributed by atoms with Crippen LogP contribution in [0.1, 0.15) is 12.5 Å². The SMILES string of the molecule is C=CCSc1ccccc1C/C=C\C. The maximum absolute atomic E-state index is 3.73. The van der Waals surface area contributed by atoms with E-state index in [0.717, 1.165) is 12.2 Å². The predicted octanol–water partition coefficient (Wildman–Crippen LogP) is 4.08. The van der Waals surface area contributed by atoms with Crippen LogP contribution < -0.4 is 0 Å². The van der Waals surface area contributed by atoms with E-state index in [1.807, 2.05) is 17.8 Å². The second-order valence-corrected chi connectivity index (χ2v) is 4.04. The third-order valence-electron chi connectivity index (χ3n) is 1.90. The van der Waals surface area contributed by atoms with Gasteiger partial charge in [0, 0.05) is 10.6 Å². The van der Waals surface area contributed by atoms with Gasteiger partial charge < -0.3 is 0 Å². The number of allylic oxidation sites excluding steroid dienone is 2. The molecule has 0 aromatic heterocycles. The van der Waals surface area contributed by atoms with Crippen LogP contribution in [0, 0.1) is 0 Å². The van der Waals surface area contributed by atoms with Crippen LogP contribution in [0.3, 0.4) is 0 Å². The minimum absolute atomic E-state index is 0.979. The molecule has 0 aliphatic rings. The highest BCUT2D eigenvalue weighted by atomic mass is 32.2.